The number of rotatable bonds is 3. The molecule has 2 aromatic rings. The quantitative estimate of drug-likeness (QED) is 0.641. The number of benzene rings is 2. The van der Waals surface area contributed by atoms with Crippen molar-refractivity contribution < 1.29 is 4.74 Å². The van der Waals surface area contributed by atoms with Crippen LogP contribution in [0.2, 0.25) is 0 Å². The first-order valence-electron chi connectivity index (χ1n) is 6.41. The van der Waals surface area contributed by atoms with Crippen LogP contribution in [0.3, 0.4) is 0 Å². The summed E-state index contributed by atoms with van der Waals surface area (Å²) in [6.45, 7) is 1.64. The van der Waals surface area contributed by atoms with E-state index in [4.69, 9.17) is 10.6 Å². The van der Waals surface area contributed by atoms with Crippen molar-refractivity contribution in [2.24, 2.45) is 11.8 Å². The lowest BCUT2D eigenvalue weighted by Crippen LogP contribution is -2.33. The number of ether oxygens (including phenoxy) is 1. The molecule has 0 bridgehead atoms. The molecule has 2 unspecified atom stereocenters. The molecule has 3 nitrogen and oxygen atoms in total. The maximum Gasteiger partial charge on any atom is 0.0513 e. The predicted molar refractivity (Wildman–Crippen MR) is 72.9 cm³/mol. The fraction of sp³-hybridized carbons (Fsp3) is 0.333. The van der Waals surface area contributed by atoms with Gasteiger partial charge in [-0.15, -0.1) is 0 Å². The maximum atomic E-state index is 5.72. The van der Waals surface area contributed by atoms with Gasteiger partial charge in [-0.2, -0.15) is 0 Å². The minimum Gasteiger partial charge on any atom is -0.381 e. The van der Waals surface area contributed by atoms with Gasteiger partial charge in [-0.3, -0.25) is 11.3 Å². The lowest BCUT2D eigenvalue weighted by Gasteiger charge is -2.22. The highest BCUT2D eigenvalue weighted by molar-refractivity contribution is 5.83. The predicted octanol–water partition coefficient (Wildman–Crippen LogP) is 2.38. The van der Waals surface area contributed by atoms with E-state index in [2.05, 4.69) is 47.9 Å². The van der Waals surface area contributed by atoms with E-state index in [1.807, 2.05) is 0 Å². The summed E-state index contributed by atoms with van der Waals surface area (Å²) in [5, 5.41) is 2.52. The molecule has 2 aromatic carbocycles. The molecule has 1 heterocycles. The standard InChI is InChI=1S/C15H18N2O/c16-17-15(14-7-8-18-10-14)13-6-5-11-3-1-2-4-12(11)9-13/h1-6,9,14-15,17H,7-8,10,16H2. The second-order valence-electron chi connectivity index (χ2n) is 4.87. The summed E-state index contributed by atoms with van der Waals surface area (Å²) in [6.07, 6.45) is 1.07. The first kappa shape index (κ1) is 11.7. The van der Waals surface area contributed by atoms with Gasteiger partial charge in [-0.25, -0.2) is 0 Å². The van der Waals surface area contributed by atoms with Gasteiger partial charge in [-0.1, -0.05) is 36.4 Å². The lowest BCUT2D eigenvalue weighted by atomic mass is 9.91. The van der Waals surface area contributed by atoms with Gasteiger partial charge in [0, 0.05) is 12.5 Å². The van der Waals surface area contributed by atoms with E-state index in [1.165, 1.54) is 16.3 Å². The third-order valence-electron chi connectivity index (χ3n) is 3.75. The smallest absolute Gasteiger partial charge is 0.0513 e. The minimum atomic E-state index is 0.178. The van der Waals surface area contributed by atoms with Crippen LogP contribution in [-0.4, -0.2) is 13.2 Å². The van der Waals surface area contributed by atoms with E-state index in [9.17, 15) is 0 Å². The summed E-state index contributed by atoms with van der Waals surface area (Å²) in [5.41, 5.74) is 4.19. The molecule has 2 atom stereocenters. The molecule has 0 amide bonds. The van der Waals surface area contributed by atoms with Gasteiger partial charge in [0.1, 0.15) is 0 Å². The highest BCUT2D eigenvalue weighted by Gasteiger charge is 2.26. The Morgan fingerprint density at radius 1 is 1.17 bits per heavy atom. The second-order valence-corrected chi connectivity index (χ2v) is 4.87. The normalized spacial score (nSPS) is 21.3. The van der Waals surface area contributed by atoms with Crippen molar-refractivity contribution in [3.05, 3.63) is 48.0 Å². The van der Waals surface area contributed by atoms with Crippen LogP contribution in [0.4, 0.5) is 0 Å². The highest BCUT2D eigenvalue weighted by Crippen LogP contribution is 2.29. The number of hydrazine groups is 1. The Labute approximate surface area is 107 Å². The van der Waals surface area contributed by atoms with E-state index in [1.54, 1.807) is 0 Å². The molecule has 18 heavy (non-hydrogen) atoms. The lowest BCUT2D eigenvalue weighted by molar-refractivity contribution is 0.177. The number of nitrogens with one attached hydrogen (secondary N) is 1. The largest absolute Gasteiger partial charge is 0.381 e. The van der Waals surface area contributed by atoms with Crippen LogP contribution in [0.5, 0.6) is 0 Å². The van der Waals surface area contributed by atoms with Gasteiger partial charge in [0.2, 0.25) is 0 Å². The van der Waals surface area contributed by atoms with Crippen LogP contribution in [0.25, 0.3) is 10.8 Å². The van der Waals surface area contributed by atoms with Gasteiger partial charge in [0.15, 0.2) is 0 Å². The van der Waals surface area contributed by atoms with E-state index in [0.29, 0.717) is 5.92 Å². The average molecular weight is 242 g/mol. The Bertz CT molecular complexity index is 535. The van der Waals surface area contributed by atoms with Crippen LogP contribution in [0.15, 0.2) is 42.5 Å². The summed E-state index contributed by atoms with van der Waals surface area (Å²) < 4.78 is 5.45. The molecule has 1 aliphatic heterocycles. The zero-order valence-electron chi connectivity index (χ0n) is 10.3. The van der Waals surface area contributed by atoms with Gasteiger partial charge >= 0.3 is 0 Å². The third-order valence-corrected chi connectivity index (χ3v) is 3.75. The Hall–Kier alpha value is -1.42. The summed E-state index contributed by atoms with van der Waals surface area (Å²) >= 11 is 0. The molecule has 94 valence electrons. The van der Waals surface area contributed by atoms with E-state index >= 15 is 0 Å². The van der Waals surface area contributed by atoms with Crippen LogP contribution in [0, 0.1) is 5.92 Å². The Morgan fingerprint density at radius 3 is 2.72 bits per heavy atom. The molecule has 3 N–H and O–H groups in total. The van der Waals surface area contributed by atoms with E-state index in [-0.39, 0.29) is 6.04 Å². The van der Waals surface area contributed by atoms with Gasteiger partial charge < -0.3 is 4.74 Å². The molecule has 3 heteroatoms. The second kappa shape index (κ2) is 5.06. The number of fused-ring (bicyclic) bond motifs is 1. The fourth-order valence-corrected chi connectivity index (χ4v) is 2.72. The topological polar surface area (TPSA) is 47.3 Å². The van der Waals surface area contributed by atoms with Crippen molar-refractivity contribution in [3.63, 3.8) is 0 Å². The van der Waals surface area contributed by atoms with Crippen LogP contribution in [-0.2, 0) is 4.74 Å². The number of nitrogens with two attached hydrogens (primary N) is 1. The summed E-state index contributed by atoms with van der Waals surface area (Å²) in [6, 6.07) is 15.1. The summed E-state index contributed by atoms with van der Waals surface area (Å²) in [5.74, 6) is 6.19. The van der Waals surface area contributed by atoms with Crippen molar-refractivity contribution in [2.75, 3.05) is 13.2 Å². The van der Waals surface area contributed by atoms with Gasteiger partial charge in [0.25, 0.3) is 0 Å². The van der Waals surface area contributed by atoms with Crippen LogP contribution >= 0.6 is 0 Å². The average Bonchev–Trinajstić information content (AvgIpc) is 2.93. The molecule has 1 saturated heterocycles. The Kier molecular flexibility index (Phi) is 3.28. The molecule has 1 aliphatic rings. The number of hydrogen-bond donors (Lipinski definition) is 2. The molecular weight excluding hydrogens is 224 g/mol. The first-order valence-corrected chi connectivity index (χ1v) is 6.41. The van der Waals surface area contributed by atoms with Gasteiger partial charge in [-0.05, 0) is 28.8 Å². The molecule has 0 radical (unpaired) electrons. The molecule has 0 spiro atoms. The SMILES string of the molecule is NNC(c1ccc2ccccc2c1)C1CCOC1. The molecule has 0 aliphatic carbocycles. The van der Waals surface area contributed by atoms with E-state index in [0.717, 1.165) is 19.6 Å². The summed E-state index contributed by atoms with van der Waals surface area (Å²) in [4.78, 5) is 0. The Balaban J connectivity index is 1.96. The highest BCUT2D eigenvalue weighted by atomic mass is 16.5. The monoisotopic (exact) mass is 242 g/mol. The van der Waals surface area contributed by atoms with Gasteiger partial charge in [0.05, 0.1) is 12.6 Å². The van der Waals surface area contributed by atoms with Crippen molar-refractivity contribution in [1.29, 1.82) is 0 Å². The molecule has 1 fully saturated rings. The zero-order valence-corrected chi connectivity index (χ0v) is 10.3. The third kappa shape index (κ3) is 2.12. The number of hydrogen-bond acceptors (Lipinski definition) is 3. The minimum absolute atomic E-state index is 0.178. The molecule has 0 saturated carbocycles. The molecule has 0 aromatic heterocycles. The first-order chi connectivity index (χ1) is 8.88. The van der Waals surface area contributed by atoms with Crippen molar-refractivity contribution in [1.82, 2.24) is 5.43 Å². The van der Waals surface area contributed by atoms with Crippen LogP contribution in [0.1, 0.15) is 18.0 Å². The van der Waals surface area contributed by atoms with Crippen molar-refractivity contribution >= 4 is 10.8 Å². The summed E-state index contributed by atoms with van der Waals surface area (Å²) in [7, 11) is 0. The zero-order chi connectivity index (χ0) is 12.4. The van der Waals surface area contributed by atoms with Crippen molar-refractivity contribution in [2.45, 2.75) is 12.5 Å². The molecule has 3 rings (SSSR count). The van der Waals surface area contributed by atoms with Crippen LogP contribution < -0.4 is 11.3 Å². The molecular formula is C15H18N2O. The van der Waals surface area contributed by atoms with Crippen molar-refractivity contribution in [3.8, 4) is 0 Å². The maximum absolute atomic E-state index is 5.72. The van der Waals surface area contributed by atoms with E-state index < -0.39 is 0 Å². The Morgan fingerprint density at radius 2 is 2.00 bits per heavy atom. The fourth-order valence-electron chi connectivity index (χ4n) is 2.72.